The van der Waals surface area contributed by atoms with Crippen molar-refractivity contribution in [1.29, 1.82) is 0 Å². The molecule has 0 radical (unpaired) electrons. The Labute approximate surface area is 131 Å². The second-order valence-electron chi connectivity index (χ2n) is 5.58. The summed E-state index contributed by atoms with van der Waals surface area (Å²) in [6.45, 7) is 1.66. The normalized spacial score (nSPS) is 17.5. The third kappa shape index (κ3) is 3.17. The Kier molecular flexibility index (Phi) is 4.25. The SMILES string of the molecule is [N-]=[N+]=NCC1CC(=O)N(CCn2ncc3ccccc3c2=O)C1. The van der Waals surface area contributed by atoms with Crippen LogP contribution in [0, 0.1) is 5.92 Å². The van der Waals surface area contributed by atoms with Gasteiger partial charge in [-0.1, -0.05) is 23.3 Å². The first-order chi connectivity index (χ1) is 11.2. The van der Waals surface area contributed by atoms with Gasteiger partial charge in [-0.25, -0.2) is 4.68 Å². The van der Waals surface area contributed by atoms with Gasteiger partial charge in [0.15, 0.2) is 0 Å². The maximum absolute atomic E-state index is 12.4. The van der Waals surface area contributed by atoms with Crippen molar-refractivity contribution < 1.29 is 4.79 Å². The number of aromatic nitrogens is 2. The Morgan fingerprint density at radius 2 is 2.13 bits per heavy atom. The molecule has 0 N–H and O–H groups in total. The minimum atomic E-state index is -0.152. The zero-order valence-electron chi connectivity index (χ0n) is 12.5. The summed E-state index contributed by atoms with van der Waals surface area (Å²) >= 11 is 0. The van der Waals surface area contributed by atoms with Crippen LogP contribution >= 0.6 is 0 Å². The highest BCUT2D eigenvalue weighted by Gasteiger charge is 2.28. The van der Waals surface area contributed by atoms with Gasteiger partial charge < -0.3 is 4.90 Å². The van der Waals surface area contributed by atoms with Crippen molar-refractivity contribution in [3.8, 4) is 0 Å². The third-order valence-electron chi connectivity index (χ3n) is 4.04. The summed E-state index contributed by atoms with van der Waals surface area (Å²) in [5.74, 6) is 0.0802. The molecule has 2 heterocycles. The minimum absolute atomic E-state index is 0.0250. The number of nitrogens with zero attached hydrogens (tertiary/aromatic N) is 6. The number of hydrogen-bond acceptors (Lipinski definition) is 4. The summed E-state index contributed by atoms with van der Waals surface area (Å²) in [6, 6.07) is 7.30. The molecule has 0 saturated carbocycles. The smallest absolute Gasteiger partial charge is 0.274 e. The molecule has 1 aliphatic heterocycles. The van der Waals surface area contributed by atoms with Gasteiger partial charge in [-0.15, -0.1) is 0 Å². The van der Waals surface area contributed by atoms with E-state index in [1.807, 2.05) is 18.2 Å². The third-order valence-corrected chi connectivity index (χ3v) is 4.04. The fourth-order valence-electron chi connectivity index (χ4n) is 2.85. The van der Waals surface area contributed by atoms with Crippen LogP contribution in [0.5, 0.6) is 0 Å². The molecule has 118 valence electrons. The number of fused-ring (bicyclic) bond motifs is 1. The molecule has 23 heavy (non-hydrogen) atoms. The van der Waals surface area contributed by atoms with Crippen LogP contribution in [-0.4, -0.2) is 40.2 Å². The van der Waals surface area contributed by atoms with Gasteiger partial charge in [-0.2, -0.15) is 5.10 Å². The van der Waals surface area contributed by atoms with Gasteiger partial charge >= 0.3 is 0 Å². The number of likely N-dealkylation sites (tertiary alicyclic amines) is 1. The molecule has 0 spiro atoms. The van der Waals surface area contributed by atoms with Crippen LogP contribution < -0.4 is 5.56 Å². The summed E-state index contributed by atoms with van der Waals surface area (Å²) in [5, 5.41) is 9.11. The zero-order chi connectivity index (χ0) is 16.2. The first-order valence-corrected chi connectivity index (χ1v) is 7.42. The molecule has 1 unspecified atom stereocenters. The van der Waals surface area contributed by atoms with Crippen molar-refractivity contribution >= 4 is 16.7 Å². The maximum atomic E-state index is 12.4. The van der Waals surface area contributed by atoms with Gasteiger partial charge in [0, 0.05) is 36.4 Å². The lowest BCUT2D eigenvalue weighted by atomic mass is 10.1. The monoisotopic (exact) mass is 312 g/mol. The lowest BCUT2D eigenvalue weighted by molar-refractivity contribution is -0.127. The molecule has 1 saturated heterocycles. The van der Waals surface area contributed by atoms with Crippen LogP contribution in [-0.2, 0) is 11.3 Å². The van der Waals surface area contributed by atoms with E-state index in [1.165, 1.54) is 4.68 Å². The fraction of sp³-hybridized carbons (Fsp3) is 0.400. The predicted octanol–water partition coefficient (Wildman–Crippen LogP) is 1.56. The molecule has 2 aromatic rings. The average molecular weight is 312 g/mol. The van der Waals surface area contributed by atoms with Gasteiger partial charge in [0.05, 0.1) is 18.1 Å². The van der Waals surface area contributed by atoms with E-state index in [9.17, 15) is 9.59 Å². The number of carbonyl (C=O) groups excluding carboxylic acids is 1. The van der Waals surface area contributed by atoms with Gasteiger partial charge in [-0.05, 0) is 17.5 Å². The fourth-order valence-corrected chi connectivity index (χ4v) is 2.85. The summed E-state index contributed by atoms with van der Waals surface area (Å²) in [6.07, 6.45) is 2.05. The van der Waals surface area contributed by atoms with Crippen molar-refractivity contribution in [2.24, 2.45) is 11.0 Å². The van der Waals surface area contributed by atoms with E-state index >= 15 is 0 Å². The van der Waals surface area contributed by atoms with Crippen LogP contribution in [0.2, 0.25) is 0 Å². The van der Waals surface area contributed by atoms with Crippen LogP contribution in [0.1, 0.15) is 6.42 Å². The van der Waals surface area contributed by atoms with Gasteiger partial charge in [-0.3, -0.25) is 9.59 Å². The van der Waals surface area contributed by atoms with Gasteiger partial charge in [0.2, 0.25) is 5.91 Å². The van der Waals surface area contributed by atoms with E-state index in [-0.39, 0.29) is 17.4 Å². The van der Waals surface area contributed by atoms with Crippen LogP contribution in [0.3, 0.4) is 0 Å². The molecule has 1 aromatic heterocycles. The Morgan fingerprint density at radius 1 is 1.30 bits per heavy atom. The Hall–Kier alpha value is -2.86. The molecule has 1 aliphatic rings. The van der Waals surface area contributed by atoms with E-state index in [2.05, 4.69) is 15.1 Å². The molecular weight excluding hydrogens is 296 g/mol. The summed E-state index contributed by atoms with van der Waals surface area (Å²) in [4.78, 5) is 28.7. The second kappa shape index (κ2) is 6.50. The molecule has 3 rings (SSSR count). The Morgan fingerprint density at radius 3 is 2.96 bits per heavy atom. The number of hydrogen-bond donors (Lipinski definition) is 0. The van der Waals surface area contributed by atoms with Crippen LogP contribution in [0.4, 0.5) is 0 Å². The topological polar surface area (TPSA) is 104 Å². The quantitative estimate of drug-likeness (QED) is 0.475. The maximum Gasteiger partial charge on any atom is 0.274 e. The highest BCUT2D eigenvalue weighted by atomic mass is 16.2. The summed E-state index contributed by atoms with van der Waals surface area (Å²) < 4.78 is 1.39. The van der Waals surface area contributed by atoms with E-state index in [0.717, 1.165) is 5.39 Å². The molecule has 8 nitrogen and oxygen atoms in total. The Balaban J connectivity index is 1.69. The van der Waals surface area contributed by atoms with Crippen molar-refractivity contribution in [3.63, 3.8) is 0 Å². The van der Waals surface area contributed by atoms with Gasteiger partial charge in [0.1, 0.15) is 0 Å². The van der Waals surface area contributed by atoms with E-state index < -0.39 is 0 Å². The van der Waals surface area contributed by atoms with Crippen molar-refractivity contribution in [1.82, 2.24) is 14.7 Å². The average Bonchev–Trinajstić information content (AvgIpc) is 2.92. The molecular formula is C15H16N6O2. The number of benzene rings is 1. The molecule has 8 heteroatoms. The van der Waals surface area contributed by atoms with Crippen molar-refractivity contribution in [3.05, 3.63) is 51.3 Å². The van der Waals surface area contributed by atoms with Crippen LogP contribution in [0.15, 0.2) is 40.4 Å². The lowest BCUT2D eigenvalue weighted by Gasteiger charge is -2.16. The lowest BCUT2D eigenvalue weighted by Crippen LogP contribution is -2.33. The summed E-state index contributed by atoms with van der Waals surface area (Å²) in [7, 11) is 0. The van der Waals surface area contributed by atoms with Gasteiger partial charge in [0.25, 0.3) is 5.56 Å². The molecule has 1 aromatic carbocycles. The number of azide groups is 1. The van der Waals surface area contributed by atoms with Crippen molar-refractivity contribution in [2.75, 3.05) is 19.6 Å². The standard InChI is InChI=1S/C15H16N6O2/c16-19-17-8-11-7-14(22)20(10-11)5-6-21-15(23)13-4-2-1-3-12(13)9-18-21/h1-4,9,11H,5-8,10H2. The molecule has 0 aliphatic carbocycles. The molecule has 1 atom stereocenters. The van der Waals surface area contributed by atoms with E-state index in [0.29, 0.717) is 38.0 Å². The van der Waals surface area contributed by atoms with Crippen molar-refractivity contribution in [2.45, 2.75) is 13.0 Å². The highest BCUT2D eigenvalue weighted by molar-refractivity contribution is 5.80. The molecule has 0 bridgehead atoms. The largest absolute Gasteiger partial charge is 0.341 e. The summed E-state index contributed by atoms with van der Waals surface area (Å²) in [5.41, 5.74) is 8.19. The number of carbonyl (C=O) groups is 1. The molecule has 1 fully saturated rings. The highest BCUT2D eigenvalue weighted by Crippen LogP contribution is 2.18. The zero-order valence-corrected chi connectivity index (χ0v) is 12.5. The predicted molar refractivity (Wildman–Crippen MR) is 84.7 cm³/mol. The van der Waals surface area contributed by atoms with E-state index in [4.69, 9.17) is 5.53 Å². The first kappa shape index (κ1) is 15.1. The molecule has 1 amide bonds. The second-order valence-corrected chi connectivity index (χ2v) is 5.58. The Bertz CT molecular complexity index is 839. The number of rotatable bonds is 5. The van der Waals surface area contributed by atoms with E-state index in [1.54, 1.807) is 17.2 Å². The first-order valence-electron chi connectivity index (χ1n) is 7.42. The minimum Gasteiger partial charge on any atom is -0.341 e. The number of amides is 1. The van der Waals surface area contributed by atoms with Crippen LogP contribution in [0.25, 0.3) is 21.2 Å².